The van der Waals surface area contributed by atoms with Crippen molar-refractivity contribution in [3.05, 3.63) is 57.6 Å². The molecule has 2 atom stereocenters. The van der Waals surface area contributed by atoms with E-state index in [-0.39, 0.29) is 24.0 Å². The van der Waals surface area contributed by atoms with Gasteiger partial charge in [-0.25, -0.2) is 9.98 Å². The molecule has 204 valence electrons. The van der Waals surface area contributed by atoms with Gasteiger partial charge in [-0.1, -0.05) is 35.3 Å². The topological polar surface area (TPSA) is 222 Å². The van der Waals surface area contributed by atoms with Gasteiger partial charge < -0.3 is 32.4 Å². The van der Waals surface area contributed by atoms with Gasteiger partial charge in [-0.15, -0.1) is 0 Å². The molecule has 2 aromatic rings. The van der Waals surface area contributed by atoms with Crippen LogP contribution in [0.5, 0.6) is 11.5 Å². The van der Waals surface area contributed by atoms with Crippen molar-refractivity contribution >= 4 is 45.5 Å². The highest BCUT2D eigenvalue weighted by Gasteiger charge is 2.20. The molecule has 0 spiro atoms. The largest absolute Gasteiger partial charge is 0.493 e. The Kier molecular flexibility index (Phi) is 11.5. The summed E-state index contributed by atoms with van der Waals surface area (Å²) in [5, 5.41) is 1.31. The fourth-order valence-corrected chi connectivity index (χ4v) is 4.00. The Morgan fingerprint density at radius 1 is 0.784 bits per heavy atom. The summed E-state index contributed by atoms with van der Waals surface area (Å²) in [6, 6.07) is 11.0. The second-order valence-electron chi connectivity index (χ2n) is 7.93. The van der Waals surface area contributed by atoms with E-state index in [1.807, 2.05) is 24.3 Å². The molecule has 2 aliphatic heterocycles. The lowest BCUT2D eigenvalue weighted by molar-refractivity contribution is 0.316. The molecule has 0 saturated carbocycles. The Bertz CT molecular complexity index is 1130. The predicted octanol–water partition coefficient (Wildman–Crippen LogP) is 3.00. The van der Waals surface area contributed by atoms with Gasteiger partial charge in [-0.2, -0.15) is 8.42 Å². The molecule has 15 heteroatoms. The molecule has 10 N–H and O–H groups in total. The lowest BCUT2D eigenvalue weighted by Crippen LogP contribution is -2.23. The van der Waals surface area contributed by atoms with Crippen molar-refractivity contribution in [2.24, 2.45) is 32.9 Å². The van der Waals surface area contributed by atoms with Crippen molar-refractivity contribution in [3.8, 4) is 11.5 Å². The van der Waals surface area contributed by atoms with Crippen LogP contribution in [0.4, 0.5) is 0 Å². The molecule has 0 bridgehead atoms. The lowest BCUT2D eigenvalue weighted by atomic mass is 10.0. The first kappa shape index (κ1) is 30.3. The highest BCUT2D eigenvalue weighted by molar-refractivity contribution is 7.79. The molecule has 0 radical (unpaired) electrons. The molecule has 4 rings (SSSR count). The standard InChI is InChI=1S/2C11H14ClN3O.H2O4S/c2*12-7-3-4-8-9(15-11(13)14)2-1-5-16-10(8)6-7;1-5(2,3)4/h2*3-4,6,9H,1-2,5H2,(H4,13,14,15);(H2,1,2,3,4). The molecule has 0 amide bonds. The molecule has 2 aromatic carbocycles. The summed E-state index contributed by atoms with van der Waals surface area (Å²) in [7, 11) is -4.67. The Balaban J connectivity index is 0.000000221. The quantitative estimate of drug-likeness (QED) is 0.174. The minimum atomic E-state index is -4.67. The SMILES string of the molecule is NC(N)=NC1CCCOc2cc(Cl)ccc21.NC(N)=NC1CCCOc2cc(Cl)ccc21.O=S(=O)(O)O. The van der Waals surface area contributed by atoms with Gasteiger partial charge in [0.05, 0.1) is 25.3 Å². The number of hydrogen-bond donors (Lipinski definition) is 6. The molecule has 0 aromatic heterocycles. The molecule has 0 fully saturated rings. The van der Waals surface area contributed by atoms with E-state index in [1.165, 1.54) is 0 Å². The van der Waals surface area contributed by atoms with Crippen molar-refractivity contribution in [1.29, 1.82) is 0 Å². The molecule has 12 nitrogen and oxygen atoms in total. The first-order valence-corrected chi connectivity index (χ1v) is 13.2. The summed E-state index contributed by atoms with van der Waals surface area (Å²) in [4.78, 5) is 8.43. The first-order valence-electron chi connectivity index (χ1n) is 11.1. The van der Waals surface area contributed by atoms with Gasteiger partial charge >= 0.3 is 10.4 Å². The normalized spacial score (nSPS) is 18.2. The molecular weight excluding hydrogens is 547 g/mol. The smallest absolute Gasteiger partial charge is 0.394 e. The van der Waals surface area contributed by atoms with Crippen LogP contribution in [0.25, 0.3) is 0 Å². The molecule has 0 aliphatic carbocycles. The summed E-state index contributed by atoms with van der Waals surface area (Å²) < 4.78 is 42.8. The minimum absolute atomic E-state index is 0.0280. The molecule has 0 saturated heterocycles. The van der Waals surface area contributed by atoms with Gasteiger partial charge in [0.2, 0.25) is 0 Å². The fourth-order valence-electron chi connectivity index (χ4n) is 3.67. The van der Waals surface area contributed by atoms with Crippen LogP contribution in [0.2, 0.25) is 10.0 Å². The summed E-state index contributed by atoms with van der Waals surface area (Å²) >= 11 is 11.8. The van der Waals surface area contributed by atoms with E-state index in [0.717, 1.165) is 48.3 Å². The zero-order valence-corrected chi connectivity index (χ0v) is 22.1. The Labute approximate surface area is 225 Å². The van der Waals surface area contributed by atoms with Crippen molar-refractivity contribution < 1.29 is 27.0 Å². The Morgan fingerprint density at radius 3 is 1.46 bits per heavy atom. The van der Waals surface area contributed by atoms with E-state index in [2.05, 4.69) is 9.98 Å². The van der Waals surface area contributed by atoms with Crippen LogP contribution in [0.15, 0.2) is 46.4 Å². The maximum atomic E-state index is 8.74. The maximum absolute atomic E-state index is 8.74. The predicted molar refractivity (Wildman–Crippen MR) is 144 cm³/mol. The first-order chi connectivity index (χ1) is 17.3. The van der Waals surface area contributed by atoms with Gasteiger partial charge in [0, 0.05) is 21.2 Å². The summed E-state index contributed by atoms with van der Waals surface area (Å²) in [6.45, 7) is 1.34. The molecule has 2 unspecified atom stereocenters. The molecule has 2 aliphatic rings. The van der Waals surface area contributed by atoms with Gasteiger partial charge in [-0.05, 0) is 49.9 Å². The molecular formula is C22H30Cl2N6O6S. The number of ether oxygens (including phenoxy) is 2. The van der Waals surface area contributed by atoms with E-state index in [0.29, 0.717) is 23.3 Å². The van der Waals surface area contributed by atoms with Crippen molar-refractivity contribution in [2.45, 2.75) is 37.8 Å². The van der Waals surface area contributed by atoms with Crippen LogP contribution in [-0.4, -0.2) is 42.7 Å². The maximum Gasteiger partial charge on any atom is 0.394 e. The van der Waals surface area contributed by atoms with Crippen LogP contribution < -0.4 is 32.4 Å². The highest BCUT2D eigenvalue weighted by atomic mass is 35.5. The van der Waals surface area contributed by atoms with Crippen molar-refractivity contribution in [3.63, 3.8) is 0 Å². The number of nitrogens with zero attached hydrogens (tertiary/aromatic N) is 2. The van der Waals surface area contributed by atoms with E-state index in [4.69, 9.17) is 73.1 Å². The third-order valence-corrected chi connectivity index (χ3v) is 5.51. The van der Waals surface area contributed by atoms with Gasteiger partial charge in [0.1, 0.15) is 11.5 Å². The number of fused-ring (bicyclic) bond motifs is 2. The number of rotatable bonds is 2. The van der Waals surface area contributed by atoms with E-state index in [1.54, 1.807) is 12.1 Å². The van der Waals surface area contributed by atoms with E-state index in [9.17, 15) is 0 Å². The Hall–Kier alpha value is -2.97. The van der Waals surface area contributed by atoms with Gasteiger partial charge in [0.15, 0.2) is 11.9 Å². The third-order valence-electron chi connectivity index (χ3n) is 5.04. The highest BCUT2D eigenvalue weighted by Crippen LogP contribution is 2.36. The summed E-state index contributed by atoms with van der Waals surface area (Å²) in [5.41, 5.74) is 23.7. The summed E-state index contributed by atoms with van der Waals surface area (Å²) in [6.07, 6.45) is 3.61. The zero-order valence-electron chi connectivity index (χ0n) is 19.8. The number of nitrogens with two attached hydrogens (primary N) is 4. The lowest BCUT2D eigenvalue weighted by Gasteiger charge is -2.12. The fraction of sp³-hybridized carbons (Fsp3) is 0.364. The number of guanidine groups is 2. The summed E-state index contributed by atoms with van der Waals surface area (Å²) in [5.74, 6) is 1.76. The second kappa shape index (κ2) is 14.1. The molecule has 37 heavy (non-hydrogen) atoms. The monoisotopic (exact) mass is 576 g/mol. The second-order valence-corrected chi connectivity index (χ2v) is 9.70. The number of benzene rings is 2. The number of halogens is 2. The average molecular weight is 577 g/mol. The van der Waals surface area contributed by atoms with Gasteiger partial charge in [0.25, 0.3) is 0 Å². The minimum Gasteiger partial charge on any atom is -0.493 e. The van der Waals surface area contributed by atoms with Crippen molar-refractivity contribution in [1.82, 2.24) is 0 Å². The third kappa shape index (κ3) is 11.3. The van der Waals surface area contributed by atoms with Crippen LogP contribution in [0, 0.1) is 0 Å². The van der Waals surface area contributed by atoms with Crippen LogP contribution >= 0.6 is 23.2 Å². The van der Waals surface area contributed by atoms with E-state index >= 15 is 0 Å². The van der Waals surface area contributed by atoms with E-state index < -0.39 is 10.4 Å². The van der Waals surface area contributed by atoms with Crippen LogP contribution in [0.1, 0.15) is 48.9 Å². The Morgan fingerprint density at radius 2 is 1.14 bits per heavy atom. The average Bonchev–Trinajstić information content (AvgIpc) is 3.08. The molecule has 2 heterocycles. The van der Waals surface area contributed by atoms with Crippen LogP contribution in [0.3, 0.4) is 0 Å². The van der Waals surface area contributed by atoms with Crippen LogP contribution in [-0.2, 0) is 10.4 Å². The van der Waals surface area contributed by atoms with Crippen molar-refractivity contribution in [2.75, 3.05) is 13.2 Å². The number of aliphatic imine (C=N–C) groups is 2. The zero-order chi connectivity index (χ0) is 27.6. The van der Waals surface area contributed by atoms with Gasteiger partial charge in [-0.3, -0.25) is 9.11 Å². The number of hydrogen-bond acceptors (Lipinski definition) is 6.